The largest absolute Gasteiger partial charge is 0.486 e. The topological polar surface area (TPSA) is 76.7 Å². The van der Waals surface area contributed by atoms with Crippen molar-refractivity contribution in [2.75, 3.05) is 0 Å². The molecule has 1 aromatic heterocycles. The maximum atomic E-state index is 14.7. The number of aryl methyl sites for hydroxylation is 1. The van der Waals surface area contributed by atoms with Crippen molar-refractivity contribution < 1.29 is 32.2 Å². The Bertz CT molecular complexity index is 1100. The SMILES string of the molecule is Cc1c(CC(=O)O)c(=O)oc2c(F)c(OCc3cccc(C(F)F)c3)ccc12. The number of rotatable bonds is 6. The molecule has 1 heterocycles. The minimum atomic E-state index is -2.63. The molecule has 3 rings (SSSR count). The molecule has 0 aliphatic carbocycles. The predicted molar refractivity (Wildman–Crippen MR) is 94.2 cm³/mol. The van der Waals surface area contributed by atoms with Crippen LogP contribution in [0.3, 0.4) is 0 Å². The van der Waals surface area contributed by atoms with Gasteiger partial charge in [0.05, 0.1) is 12.0 Å². The lowest BCUT2D eigenvalue weighted by Crippen LogP contribution is -2.15. The summed E-state index contributed by atoms with van der Waals surface area (Å²) < 4.78 is 50.6. The molecule has 0 fully saturated rings. The van der Waals surface area contributed by atoms with E-state index in [0.29, 0.717) is 11.1 Å². The quantitative estimate of drug-likeness (QED) is 0.630. The second-order valence-corrected chi connectivity index (χ2v) is 6.15. The Labute approximate surface area is 157 Å². The van der Waals surface area contributed by atoms with Gasteiger partial charge in [-0.1, -0.05) is 18.2 Å². The summed E-state index contributed by atoms with van der Waals surface area (Å²) >= 11 is 0. The van der Waals surface area contributed by atoms with Gasteiger partial charge in [0.25, 0.3) is 6.43 Å². The number of carbonyl (C=O) groups is 1. The Morgan fingerprint density at radius 1 is 1.25 bits per heavy atom. The monoisotopic (exact) mass is 392 g/mol. The molecule has 0 amide bonds. The maximum Gasteiger partial charge on any atom is 0.340 e. The molecule has 0 radical (unpaired) electrons. The minimum absolute atomic E-state index is 0.0584. The molecule has 3 aromatic rings. The second kappa shape index (κ2) is 7.75. The average Bonchev–Trinajstić information content (AvgIpc) is 2.65. The first-order valence-electron chi connectivity index (χ1n) is 8.24. The van der Waals surface area contributed by atoms with Crippen molar-refractivity contribution in [1.29, 1.82) is 0 Å². The van der Waals surface area contributed by atoms with E-state index in [-0.39, 0.29) is 34.5 Å². The lowest BCUT2D eigenvalue weighted by atomic mass is 10.0. The van der Waals surface area contributed by atoms with E-state index < -0.39 is 30.3 Å². The Morgan fingerprint density at radius 2 is 2.00 bits per heavy atom. The lowest BCUT2D eigenvalue weighted by molar-refractivity contribution is -0.136. The van der Waals surface area contributed by atoms with Gasteiger partial charge in [-0.2, -0.15) is 4.39 Å². The summed E-state index contributed by atoms with van der Waals surface area (Å²) in [5.74, 6) is -2.35. The van der Waals surface area contributed by atoms with Crippen LogP contribution in [0.4, 0.5) is 13.2 Å². The van der Waals surface area contributed by atoms with Crippen molar-refractivity contribution in [3.05, 3.63) is 74.9 Å². The molecule has 28 heavy (non-hydrogen) atoms. The van der Waals surface area contributed by atoms with E-state index in [0.717, 1.165) is 0 Å². The molecule has 0 saturated carbocycles. The van der Waals surface area contributed by atoms with Crippen molar-refractivity contribution in [3.8, 4) is 5.75 Å². The number of fused-ring (bicyclic) bond motifs is 1. The minimum Gasteiger partial charge on any atom is -0.486 e. The van der Waals surface area contributed by atoms with Gasteiger partial charge >= 0.3 is 11.6 Å². The first-order valence-corrected chi connectivity index (χ1v) is 8.24. The first-order chi connectivity index (χ1) is 13.3. The molecule has 0 saturated heterocycles. The van der Waals surface area contributed by atoms with E-state index >= 15 is 0 Å². The lowest BCUT2D eigenvalue weighted by Gasteiger charge is -2.11. The number of hydrogen-bond acceptors (Lipinski definition) is 4. The fraction of sp³-hybridized carbons (Fsp3) is 0.200. The zero-order valence-corrected chi connectivity index (χ0v) is 14.7. The van der Waals surface area contributed by atoms with Crippen LogP contribution in [-0.2, 0) is 17.8 Å². The molecule has 0 bridgehead atoms. The molecular weight excluding hydrogens is 377 g/mol. The first kappa shape index (κ1) is 19.5. The number of carboxylic acid groups (broad SMARTS) is 1. The van der Waals surface area contributed by atoms with E-state index in [4.69, 9.17) is 14.3 Å². The molecule has 8 heteroatoms. The summed E-state index contributed by atoms with van der Waals surface area (Å²) in [7, 11) is 0. The van der Waals surface area contributed by atoms with Crippen LogP contribution in [0, 0.1) is 12.7 Å². The van der Waals surface area contributed by atoms with Crippen molar-refractivity contribution in [3.63, 3.8) is 0 Å². The van der Waals surface area contributed by atoms with Crippen molar-refractivity contribution in [1.82, 2.24) is 0 Å². The van der Waals surface area contributed by atoms with Crippen molar-refractivity contribution in [2.45, 2.75) is 26.4 Å². The van der Waals surface area contributed by atoms with Crippen LogP contribution in [0.1, 0.15) is 28.7 Å². The normalized spacial score (nSPS) is 11.2. The van der Waals surface area contributed by atoms with Crippen molar-refractivity contribution in [2.24, 2.45) is 0 Å². The summed E-state index contributed by atoms with van der Waals surface area (Å²) in [4.78, 5) is 22.9. The van der Waals surface area contributed by atoms with Gasteiger partial charge in [0, 0.05) is 10.9 Å². The standard InChI is InChI=1S/C20H15F3O5/c1-10-13-5-6-15(27-9-11-3-2-4-12(7-11)19(22)23)17(21)18(13)28-20(26)14(10)8-16(24)25/h2-7,19H,8-9H2,1H3,(H,24,25). The third-order valence-corrected chi connectivity index (χ3v) is 4.28. The van der Waals surface area contributed by atoms with Gasteiger partial charge in [0.2, 0.25) is 5.82 Å². The number of halogens is 3. The molecule has 5 nitrogen and oxygen atoms in total. The highest BCUT2D eigenvalue weighted by molar-refractivity contribution is 5.84. The smallest absolute Gasteiger partial charge is 0.340 e. The van der Waals surface area contributed by atoms with Gasteiger partial charge in [0.15, 0.2) is 11.3 Å². The Kier molecular flexibility index (Phi) is 5.39. The highest BCUT2D eigenvalue weighted by Crippen LogP contribution is 2.29. The van der Waals surface area contributed by atoms with Crippen LogP contribution in [0.2, 0.25) is 0 Å². The van der Waals surface area contributed by atoms with E-state index in [1.54, 1.807) is 6.07 Å². The van der Waals surface area contributed by atoms with E-state index in [1.165, 1.54) is 37.3 Å². The molecule has 0 spiro atoms. The number of alkyl halides is 2. The van der Waals surface area contributed by atoms with E-state index in [1.807, 2.05) is 0 Å². The molecule has 0 atom stereocenters. The van der Waals surface area contributed by atoms with Gasteiger partial charge in [0.1, 0.15) is 6.61 Å². The Morgan fingerprint density at radius 3 is 2.68 bits per heavy atom. The van der Waals surface area contributed by atoms with E-state index in [9.17, 15) is 22.8 Å². The van der Waals surface area contributed by atoms with Gasteiger partial charge in [-0.3, -0.25) is 4.79 Å². The molecule has 1 N–H and O–H groups in total. The number of benzene rings is 2. The van der Waals surface area contributed by atoms with Crippen LogP contribution < -0.4 is 10.4 Å². The zero-order chi connectivity index (χ0) is 20.4. The highest BCUT2D eigenvalue weighted by atomic mass is 19.3. The average molecular weight is 392 g/mol. The number of aliphatic carboxylic acids is 1. The summed E-state index contributed by atoms with van der Waals surface area (Å²) in [5.41, 5.74) is -0.788. The maximum absolute atomic E-state index is 14.7. The highest BCUT2D eigenvalue weighted by Gasteiger charge is 2.19. The molecular formula is C20H15F3O5. The van der Waals surface area contributed by atoms with Crippen LogP contribution in [0.15, 0.2) is 45.6 Å². The summed E-state index contributed by atoms with van der Waals surface area (Å²) in [6.45, 7) is 1.34. The van der Waals surface area contributed by atoms with Gasteiger partial charge in [-0.05, 0) is 36.2 Å². The summed E-state index contributed by atoms with van der Waals surface area (Å²) in [6.07, 6.45) is -3.17. The molecule has 0 aliphatic rings. The number of carboxylic acids is 1. The number of ether oxygens (including phenoxy) is 1. The third-order valence-electron chi connectivity index (χ3n) is 4.28. The second-order valence-electron chi connectivity index (χ2n) is 6.15. The van der Waals surface area contributed by atoms with Gasteiger partial charge in [-0.15, -0.1) is 0 Å². The summed E-state index contributed by atoms with van der Waals surface area (Å²) in [6, 6.07) is 8.30. The number of hydrogen-bond donors (Lipinski definition) is 1. The fourth-order valence-corrected chi connectivity index (χ4v) is 2.85. The van der Waals surface area contributed by atoms with Gasteiger partial charge < -0.3 is 14.3 Å². The third kappa shape index (κ3) is 3.85. The Hall–Kier alpha value is -3.29. The fourth-order valence-electron chi connectivity index (χ4n) is 2.85. The Balaban J connectivity index is 1.93. The summed E-state index contributed by atoms with van der Waals surface area (Å²) in [5, 5.41) is 9.15. The van der Waals surface area contributed by atoms with E-state index in [2.05, 4.69) is 0 Å². The van der Waals surface area contributed by atoms with Crippen LogP contribution >= 0.6 is 0 Å². The molecule has 2 aromatic carbocycles. The molecule has 0 aliphatic heterocycles. The van der Waals surface area contributed by atoms with Crippen molar-refractivity contribution >= 4 is 16.9 Å². The van der Waals surface area contributed by atoms with Gasteiger partial charge in [-0.25, -0.2) is 13.6 Å². The van der Waals surface area contributed by atoms with Crippen LogP contribution in [-0.4, -0.2) is 11.1 Å². The van der Waals surface area contributed by atoms with Crippen LogP contribution in [0.25, 0.3) is 11.0 Å². The van der Waals surface area contributed by atoms with Crippen LogP contribution in [0.5, 0.6) is 5.75 Å². The molecule has 0 unspecified atom stereocenters. The zero-order valence-electron chi connectivity index (χ0n) is 14.7. The molecule has 146 valence electrons. The predicted octanol–water partition coefficient (Wildman–Crippen LogP) is 4.38.